The van der Waals surface area contributed by atoms with Gasteiger partial charge in [-0.2, -0.15) is 0 Å². The molecule has 1 aromatic carbocycles. The zero-order valence-electron chi connectivity index (χ0n) is 10.3. The second-order valence-corrected chi connectivity index (χ2v) is 4.23. The second-order valence-electron chi connectivity index (χ2n) is 4.23. The summed E-state index contributed by atoms with van der Waals surface area (Å²) in [5.41, 5.74) is 5.28. The monoisotopic (exact) mass is 249 g/mol. The van der Waals surface area contributed by atoms with Crippen molar-refractivity contribution >= 4 is 10.9 Å². The molecule has 0 radical (unpaired) electrons. The van der Waals surface area contributed by atoms with Crippen LogP contribution in [0.3, 0.4) is 0 Å². The third kappa shape index (κ3) is 2.14. The number of methoxy groups -OCH3 is 1. The Morgan fingerprint density at radius 3 is 2.78 bits per heavy atom. The van der Waals surface area contributed by atoms with Crippen LogP contribution in [0.1, 0.15) is 6.92 Å². The Kier molecular flexibility index (Phi) is 3.20. The molecule has 0 saturated heterocycles. The predicted molar refractivity (Wildman–Crippen MR) is 69.0 cm³/mol. The number of hydrogen-bond acceptors (Lipinski definition) is 4. The summed E-state index contributed by atoms with van der Waals surface area (Å²) in [6.07, 6.45) is 0. The van der Waals surface area contributed by atoms with Crippen LogP contribution in [0, 0.1) is 0 Å². The molecule has 1 unspecified atom stereocenters. The van der Waals surface area contributed by atoms with Crippen molar-refractivity contribution in [1.29, 1.82) is 0 Å². The fourth-order valence-electron chi connectivity index (χ4n) is 1.81. The molecule has 0 amide bonds. The largest absolute Gasteiger partial charge is 0.497 e. The van der Waals surface area contributed by atoms with Crippen LogP contribution in [0.4, 0.5) is 0 Å². The maximum atomic E-state index is 12.1. The maximum absolute atomic E-state index is 12.1. The van der Waals surface area contributed by atoms with Crippen LogP contribution >= 0.6 is 0 Å². The highest BCUT2D eigenvalue weighted by Gasteiger charge is 2.09. The Morgan fingerprint density at radius 1 is 1.44 bits per heavy atom. The van der Waals surface area contributed by atoms with Gasteiger partial charge in [0, 0.05) is 18.7 Å². The summed E-state index contributed by atoms with van der Waals surface area (Å²) in [4.78, 5) is 26.6. The first kappa shape index (κ1) is 12.4. The van der Waals surface area contributed by atoms with E-state index in [4.69, 9.17) is 10.5 Å². The van der Waals surface area contributed by atoms with E-state index in [-0.39, 0.29) is 18.1 Å². The Hall–Kier alpha value is -2.08. The average Bonchev–Trinajstić information content (AvgIpc) is 2.33. The third-order valence-electron chi connectivity index (χ3n) is 2.66. The molecule has 0 aliphatic heterocycles. The molecule has 0 aliphatic carbocycles. The van der Waals surface area contributed by atoms with E-state index in [1.165, 1.54) is 7.11 Å². The van der Waals surface area contributed by atoms with Gasteiger partial charge >= 0.3 is 5.69 Å². The van der Waals surface area contributed by atoms with E-state index in [0.29, 0.717) is 16.7 Å². The quantitative estimate of drug-likeness (QED) is 0.804. The standard InChI is InChI=1S/C12H15N3O3/c1-7(13)6-15-11(16)9-4-3-8(18-2)5-10(9)14-12(15)17/h3-5,7H,6,13H2,1-2H3,(H,14,17). The van der Waals surface area contributed by atoms with Crippen LogP contribution in [0.2, 0.25) is 0 Å². The van der Waals surface area contributed by atoms with Crippen LogP contribution < -0.4 is 21.7 Å². The lowest BCUT2D eigenvalue weighted by molar-refractivity contribution is 0.415. The van der Waals surface area contributed by atoms with Gasteiger partial charge in [0.1, 0.15) is 5.75 Å². The Labute approximate surface area is 103 Å². The minimum Gasteiger partial charge on any atom is -0.497 e. The number of benzene rings is 1. The molecule has 6 nitrogen and oxygen atoms in total. The fourth-order valence-corrected chi connectivity index (χ4v) is 1.81. The summed E-state index contributed by atoms with van der Waals surface area (Å²) in [6, 6.07) is 4.66. The molecule has 1 aromatic heterocycles. The summed E-state index contributed by atoms with van der Waals surface area (Å²) in [6.45, 7) is 1.93. The fraction of sp³-hybridized carbons (Fsp3) is 0.333. The van der Waals surface area contributed by atoms with Crippen molar-refractivity contribution in [2.75, 3.05) is 7.11 Å². The highest BCUT2D eigenvalue weighted by molar-refractivity contribution is 5.78. The normalized spacial score (nSPS) is 12.6. The van der Waals surface area contributed by atoms with Crippen LogP contribution in [-0.4, -0.2) is 22.7 Å². The van der Waals surface area contributed by atoms with Gasteiger partial charge < -0.3 is 15.5 Å². The minimum absolute atomic E-state index is 0.191. The first-order valence-corrected chi connectivity index (χ1v) is 5.59. The number of nitrogens with one attached hydrogen (secondary N) is 1. The summed E-state index contributed by atoms with van der Waals surface area (Å²) >= 11 is 0. The number of H-pyrrole nitrogens is 1. The molecule has 1 atom stereocenters. The van der Waals surface area contributed by atoms with Gasteiger partial charge in [0.05, 0.1) is 18.0 Å². The SMILES string of the molecule is COc1ccc2c(=O)n(CC(C)N)c(=O)[nH]c2c1. The van der Waals surface area contributed by atoms with Crippen molar-refractivity contribution in [2.45, 2.75) is 19.5 Å². The van der Waals surface area contributed by atoms with Crippen LogP contribution in [0.5, 0.6) is 5.75 Å². The summed E-state index contributed by atoms with van der Waals surface area (Å²) in [5.74, 6) is 0.586. The molecule has 0 saturated carbocycles. The number of hydrogen-bond donors (Lipinski definition) is 2. The molecular formula is C12H15N3O3. The van der Waals surface area contributed by atoms with Gasteiger partial charge in [-0.05, 0) is 19.1 Å². The number of fused-ring (bicyclic) bond motifs is 1. The number of nitrogens with two attached hydrogens (primary N) is 1. The zero-order chi connectivity index (χ0) is 13.3. The molecule has 2 rings (SSSR count). The maximum Gasteiger partial charge on any atom is 0.328 e. The van der Waals surface area contributed by atoms with Gasteiger partial charge in [0.15, 0.2) is 0 Å². The van der Waals surface area contributed by atoms with Gasteiger partial charge in [-0.25, -0.2) is 4.79 Å². The predicted octanol–water partition coefficient (Wildman–Crippen LogP) is 0.0456. The van der Waals surface area contributed by atoms with Crippen molar-refractivity contribution in [2.24, 2.45) is 5.73 Å². The van der Waals surface area contributed by atoms with Gasteiger partial charge in [-0.3, -0.25) is 9.36 Å². The molecular weight excluding hydrogens is 234 g/mol. The van der Waals surface area contributed by atoms with Crippen molar-refractivity contribution in [3.05, 3.63) is 39.0 Å². The van der Waals surface area contributed by atoms with E-state index < -0.39 is 5.69 Å². The van der Waals surface area contributed by atoms with Crippen molar-refractivity contribution in [3.8, 4) is 5.75 Å². The van der Waals surface area contributed by atoms with Gasteiger partial charge in [-0.15, -0.1) is 0 Å². The minimum atomic E-state index is -0.460. The molecule has 1 heterocycles. The van der Waals surface area contributed by atoms with E-state index in [9.17, 15) is 9.59 Å². The van der Waals surface area contributed by atoms with Crippen molar-refractivity contribution in [3.63, 3.8) is 0 Å². The molecule has 0 fully saturated rings. The van der Waals surface area contributed by atoms with E-state index in [0.717, 1.165) is 4.57 Å². The van der Waals surface area contributed by atoms with Crippen LogP contribution in [0.15, 0.2) is 27.8 Å². The number of aromatic amines is 1. The number of rotatable bonds is 3. The van der Waals surface area contributed by atoms with Crippen molar-refractivity contribution < 1.29 is 4.74 Å². The molecule has 2 aromatic rings. The van der Waals surface area contributed by atoms with E-state index in [2.05, 4.69) is 4.98 Å². The average molecular weight is 249 g/mol. The lowest BCUT2D eigenvalue weighted by Gasteiger charge is -2.09. The van der Waals surface area contributed by atoms with E-state index in [1.54, 1.807) is 25.1 Å². The Balaban J connectivity index is 2.71. The summed E-state index contributed by atoms with van der Waals surface area (Å²) < 4.78 is 6.16. The lowest BCUT2D eigenvalue weighted by atomic mass is 10.2. The third-order valence-corrected chi connectivity index (χ3v) is 2.66. The second kappa shape index (κ2) is 4.66. The topological polar surface area (TPSA) is 90.1 Å². The molecule has 96 valence electrons. The van der Waals surface area contributed by atoms with Gasteiger partial charge in [0.25, 0.3) is 5.56 Å². The summed E-state index contributed by atoms with van der Waals surface area (Å²) in [7, 11) is 1.52. The van der Waals surface area contributed by atoms with E-state index >= 15 is 0 Å². The number of ether oxygens (including phenoxy) is 1. The molecule has 3 N–H and O–H groups in total. The van der Waals surface area contributed by atoms with Crippen LogP contribution in [0.25, 0.3) is 10.9 Å². The molecule has 0 bridgehead atoms. The molecule has 0 spiro atoms. The Morgan fingerprint density at radius 2 is 2.17 bits per heavy atom. The Bertz CT molecular complexity index is 685. The van der Waals surface area contributed by atoms with Gasteiger partial charge in [0.2, 0.25) is 0 Å². The van der Waals surface area contributed by atoms with Crippen LogP contribution in [-0.2, 0) is 6.54 Å². The summed E-state index contributed by atoms with van der Waals surface area (Å²) in [5, 5.41) is 0.441. The number of nitrogens with zero attached hydrogens (tertiary/aromatic N) is 1. The van der Waals surface area contributed by atoms with E-state index in [1.807, 2.05) is 0 Å². The molecule has 0 aliphatic rings. The molecule has 6 heteroatoms. The lowest BCUT2D eigenvalue weighted by Crippen LogP contribution is -2.39. The van der Waals surface area contributed by atoms with Gasteiger partial charge in [-0.1, -0.05) is 0 Å². The highest BCUT2D eigenvalue weighted by atomic mass is 16.5. The molecule has 18 heavy (non-hydrogen) atoms. The smallest absolute Gasteiger partial charge is 0.328 e. The first-order chi connectivity index (χ1) is 8.52. The van der Waals surface area contributed by atoms with Crippen molar-refractivity contribution in [1.82, 2.24) is 9.55 Å². The number of aromatic nitrogens is 2. The first-order valence-electron chi connectivity index (χ1n) is 5.59. The highest BCUT2D eigenvalue weighted by Crippen LogP contribution is 2.15. The zero-order valence-corrected chi connectivity index (χ0v) is 10.3.